The van der Waals surface area contributed by atoms with E-state index in [2.05, 4.69) is 5.32 Å². The zero-order valence-electron chi connectivity index (χ0n) is 14.6. The van der Waals surface area contributed by atoms with E-state index in [-0.39, 0.29) is 17.4 Å². The lowest BCUT2D eigenvalue weighted by Gasteiger charge is -2.08. The summed E-state index contributed by atoms with van der Waals surface area (Å²) in [7, 11) is 0.224. The Morgan fingerprint density at radius 3 is 2.63 bits per heavy atom. The Balaban J connectivity index is 1.62. The summed E-state index contributed by atoms with van der Waals surface area (Å²) >= 11 is 6.07. The molecule has 7 heteroatoms. The molecular formula is C20H18ClNO4S. The molecule has 0 unspecified atom stereocenters. The third-order valence-electron chi connectivity index (χ3n) is 3.87. The molecule has 5 nitrogen and oxygen atoms in total. The van der Waals surface area contributed by atoms with Crippen LogP contribution in [-0.2, 0) is 23.1 Å². The molecule has 0 aliphatic heterocycles. The topological polar surface area (TPSA) is 68.5 Å². The van der Waals surface area contributed by atoms with Crippen LogP contribution in [0.1, 0.15) is 21.9 Å². The highest BCUT2D eigenvalue weighted by Gasteiger charge is 2.15. The molecule has 0 radical (unpaired) electrons. The van der Waals surface area contributed by atoms with Gasteiger partial charge in [0.2, 0.25) is 0 Å². The zero-order chi connectivity index (χ0) is 19.2. The highest BCUT2D eigenvalue weighted by atomic mass is 35.5. The number of carbonyl (C=O) groups excluding carboxylic acids is 1. The number of hydrogen-bond acceptors (Lipinski definition) is 4. The summed E-state index contributed by atoms with van der Waals surface area (Å²) < 4.78 is 23.3. The van der Waals surface area contributed by atoms with Crippen LogP contribution < -0.4 is 10.1 Å². The minimum atomic E-state index is -1.36. The van der Waals surface area contributed by atoms with E-state index in [0.717, 1.165) is 5.56 Å². The van der Waals surface area contributed by atoms with Crippen LogP contribution in [0.5, 0.6) is 5.75 Å². The van der Waals surface area contributed by atoms with Crippen LogP contribution >= 0.6 is 11.6 Å². The van der Waals surface area contributed by atoms with E-state index in [0.29, 0.717) is 28.0 Å². The van der Waals surface area contributed by atoms with E-state index in [1.54, 1.807) is 43.5 Å². The van der Waals surface area contributed by atoms with E-state index in [4.69, 9.17) is 20.8 Å². The number of furan rings is 1. The first-order valence-corrected chi connectivity index (χ1v) is 9.90. The van der Waals surface area contributed by atoms with E-state index >= 15 is 0 Å². The molecule has 1 atom stereocenters. The molecule has 1 N–H and O–H groups in total. The van der Waals surface area contributed by atoms with Crippen LogP contribution in [0.2, 0.25) is 5.02 Å². The minimum absolute atomic E-state index is 0.142. The molecule has 27 heavy (non-hydrogen) atoms. The number of amides is 1. The Hall–Kier alpha value is -2.57. The first kappa shape index (κ1) is 19.2. The van der Waals surface area contributed by atoms with Crippen LogP contribution in [0.4, 0.5) is 0 Å². The number of benzene rings is 2. The third kappa shape index (κ3) is 4.78. The highest BCUT2D eigenvalue weighted by Crippen LogP contribution is 2.22. The third-order valence-corrected chi connectivity index (χ3v) is 5.71. The van der Waals surface area contributed by atoms with Gasteiger partial charge < -0.3 is 14.5 Å². The summed E-state index contributed by atoms with van der Waals surface area (Å²) in [6.07, 6.45) is 0. The van der Waals surface area contributed by atoms with Gasteiger partial charge in [-0.15, -0.1) is 0 Å². The summed E-state index contributed by atoms with van der Waals surface area (Å²) in [5.41, 5.74) is 0.861. The number of halogens is 1. The smallest absolute Gasteiger partial charge is 0.287 e. The Bertz CT molecular complexity index is 970. The molecule has 0 saturated carbocycles. The Labute approximate surface area is 164 Å². The van der Waals surface area contributed by atoms with Crippen LogP contribution in [0.25, 0.3) is 0 Å². The fourth-order valence-corrected chi connectivity index (χ4v) is 4.00. The van der Waals surface area contributed by atoms with Crippen molar-refractivity contribution in [3.63, 3.8) is 0 Å². The first-order valence-electron chi connectivity index (χ1n) is 8.20. The van der Waals surface area contributed by atoms with E-state index in [9.17, 15) is 9.00 Å². The SMILES string of the molecule is COc1ccccc1CNC(=O)c1ccc(C[S@@](=O)c2ccccc2Cl)o1. The van der Waals surface area contributed by atoms with Gasteiger partial charge in [0, 0.05) is 12.1 Å². The monoisotopic (exact) mass is 403 g/mol. The van der Waals surface area contributed by atoms with Crippen molar-refractivity contribution in [2.24, 2.45) is 0 Å². The van der Waals surface area contributed by atoms with Crippen molar-refractivity contribution >= 4 is 28.3 Å². The molecule has 3 rings (SSSR count). The quantitative estimate of drug-likeness (QED) is 0.642. The Kier molecular flexibility index (Phi) is 6.32. The summed E-state index contributed by atoms with van der Waals surface area (Å²) in [6.45, 7) is 0.310. The van der Waals surface area contributed by atoms with Gasteiger partial charge in [0.15, 0.2) is 5.76 Å². The second-order valence-electron chi connectivity index (χ2n) is 5.68. The van der Waals surface area contributed by atoms with Gasteiger partial charge in [-0.1, -0.05) is 41.9 Å². The molecule has 1 heterocycles. The molecule has 0 aliphatic rings. The molecule has 0 fully saturated rings. The standard InChI is InChI=1S/C20H18ClNO4S/c1-25-17-8-4-2-6-14(17)12-22-20(23)18-11-10-15(26-18)13-27(24)19-9-5-3-7-16(19)21/h2-11H,12-13H2,1H3,(H,22,23)/t27-/m1/s1. The molecule has 1 aromatic heterocycles. The molecular weight excluding hydrogens is 386 g/mol. The van der Waals surface area contributed by atoms with Crippen molar-refractivity contribution in [1.82, 2.24) is 5.32 Å². The van der Waals surface area contributed by atoms with Crippen LogP contribution in [-0.4, -0.2) is 17.2 Å². The molecule has 0 saturated heterocycles. The van der Waals surface area contributed by atoms with Crippen molar-refractivity contribution in [3.05, 3.63) is 82.8 Å². The maximum Gasteiger partial charge on any atom is 0.287 e. The van der Waals surface area contributed by atoms with E-state index in [1.165, 1.54) is 0 Å². The van der Waals surface area contributed by atoms with E-state index < -0.39 is 10.8 Å². The molecule has 0 bridgehead atoms. The lowest BCUT2D eigenvalue weighted by Crippen LogP contribution is -2.22. The number of para-hydroxylation sites is 1. The molecule has 3 aromatic rings. The van der Waals surface area contributed by atoms with Gasteiger partial charge >= 0.3 is 0 Å². The normalized spacial score (nSPS) is 11.8. The van der Waals surface area contributed by atoms with Crippen molar-refractivity contribution in [2.45, 2.75) is 17.2 Å². The highest BCUT2D eigenvalue weighted by molar-refractivity contribution is 7.84. The number of hydrogen-bond donors (Lipinski definition) is 1. The summed E-state index contributed by atoms with van der Waals surface area (Å²) in [5.74, 6) is 1.11. The van der Waals surface area contributed by atoms with Gasteiger partial charge in [-0.2, -0.15) is 0 Å². The largest absolute Gasteiger partial charge is 0.496 e. The van der Waals surface area contributed by atoms with Crippen molar-refractivity contribution in [1.29, 1.82) is 0 Å². The predicted molar refractivity (Wildman–Crippen MR) is 104 cm³/mol. The lowest BCUT2D eigenvalue weighted by atomic mass is 10.2. The van der Waals surface area contributed by atoms with Crippen LogP contribution in [0, 0.1) is 0 Å². The van der Waals surface area contributed by atoms with Gasteiger partial charge in [-0.25, -0.2) is 0 Å². The van der Waals surface area contributed by atoms with Crippen molar-refractivity contribution in [3.8, 4) is 5.75 Å². The Morgan fingerprint density at radius 1 is 1.11 bits per heavy atom. The van der Waals surface area contributed by atoms with Gasteiger partial charge in [0.05, 0.1) is 33.6 Å². The number of carbonyl (C=O) groups is 1. The van der Waals surface area contributed by atoms with E-state index in [1.807, 2.05) is 24.3 Å². The Morgan fingerprint density at radius 2 is 1.85 bits per heavy atom. The molecule has 0 aliphatic carbocycles. The van der Waals surface area contributed by atoms with Gasteiger partial charge in [0.1, 0.15) is 11.5 Å². The number of rotatable bonds is 7. The van der Waals surface area contributed by atoms with Crippen LogP contribution in [0.3, 0.4) is 0 Å². The summed E-state index contributed by atoms with van der Waals surface area (Å²) in [4.78, 5) is 12.8. The number of nitrogens with one attached hydrogen (secondary N) is 1. The fraction of sp³-hybridized carbons (Fsp3) is 0.150. The maximum atomic E-state index is 12.4. The van der Waals surface area contributed by atoms with Crippen LogP contribution in [0.15, 0.2) is 70.0 Å². The predicted octanol–water partition coefficient (Wildman–Crippen LogP) is 4.18. The molecule has 140 valence electrons. The average Bonchev–Trinajstić information content (AvgIpc) is 3.15. The van der Waals surface area contributed by atoms with Gasteiger partial charge in [-0.3, -0.25) is 9.00 Å². The summed E-state index contributed by atoms with van der Waals surface area (Å²) in [6, 6.07) is 17.6. The second kappa shape index (κ2) is 8.88. The molecule has 0 spiro atoms. The lowest BCUT2D eigenvalue weighted by molar-refractivity contribution is 0.0921. The fourth-order valence-electron chi connectivity index (χ4n) is 2.53. The summed E-state index contributed by atoms with van der Waals surface area (Å²) in [5, 5.41) is 3.23. The van der Waals surface area contributed by atoms with Crippen molar-refractivity contribution < 1.29 is 18.2 Å². The molecule has 1 amide bonds. The van der Waals surface area contributed by atoms with Gasteiger partial charge in [-0.05, 0) is 30.3 Å². The van der Waals surface area contributed by atoms with Crippen molar-refractivity contribution in [2.75, 3.05) is 7.11 Å². The van der Waals surface area contributed by atoms with Gasteiger partial charge in [0.25, 0.3) is 5.91 Å². The average molecular weight is 404 g/mol. The second-order valence-corrected chi connectivity index (χ2v) is 7.51. The molecule has 2 aromatic carbocycles. The first-order chi connectivity index (χ1) is 13.1. The maximum absolute atomic E-state index is 12.4. The minimum Gasteiger partial charge on any atom is -0.496 e. The number of ether oxygens (including phenoxy) is 1. The zero-order valence-corrected chi connectivity index (χ0v) is 16.2. The number of methoxy groups -OCH3 is 1.